The van der Waals surface area contributed by atoms with Gasteiger partial charge in [-0.05, 0) is 60.2 Å². The molecule has 4 aromatic rings. The first kappa shape index (κ1) is 19.6. The van der Waals surface area contributed by atoms with E-state index in [4.69, 9.17) is 4.74 Å². The number of benzene rings is 3. The molecule has 0 bridgehead atoms. The summed E-state index contributed by atoms with van der Waals surface area (Å²) in [6.07, 6.45) is 1.71. The van der Waals surface area contributed by atoms with E-state index in [1.165, 1.54) is 0 Å². The van der Waals surface area contributed by atoms with Crippen LogP contribution in [0.2, 0.25) is 0 Å². The highest BCUT2D eigenvalue weighted by atomic mass is 79.9. The maximum Gasteiger partial charge on any atom is 0.255 e. The molecule has 4 rings (SSSR count). The lowest BCUT2D eigenvalue weighted by Crippen LogP contribution is -2.12. The minimum Gasteiger partial charge on any atom is -0.489 e. The van der Waals surface area contributed by atoms with Crippen LogP contribution in [0.4, 0.5) is 5.69 Å². The Hall–Kier alpha value is -2.70. The van der Waals surface area contributed by atoms with Gasteiger partial charge >= 0.3 is 0 Å². The molecule has 0 aliphatic heterocycles. The summed E-state index contributed by atoms with van der Waals surface area (Å²) in [7, 11) is 0. The fourth-order valence-corrected chi connectivity index (χ4v) is 3.60. The number of amides is 1. The topological polar surface area (TPSA) is 51.2 Å². The summed E-state index contributed by atoms with van der Waals surface area (Å²) in [6, 6.07) is 22.6. The second kappa shape index (κ2) is 8.76. The van der Waals surface area contributed by atoms with Gasteiger partial charge in [-0.3, -0.25) is 9.78 Å². The van der Waals surface area contributed by atoms with Gasteiger partial charge in [0.2, 0.25) is 0 Å². The van der Waals surface area contributed by atoms with Crippen LogP contribution in [0.25, 0.3) is 10.9 Å². The molecule has 1 aromatic heterocycles. The van der Waals surface area contributed by atoms with Crippen LogP contribution in [-0.4, -0.2) is 10.9 Å². The van der Waals surface area contributed by atoms with Crippen molar-refractivity contribution in [3.8, 4) is 5.75 Å². The zero-order chi connectivity index (χ0) is 20.2. The summed E-state index contributed by atoms with van der Waals surface area (Å²) >= 11 is 6.92. The molecule has 1 heterocycles. The van der Waals surface area contributed by atoms with Gasteiger partial charge in [-0.1, -0.05) is 50.1 Å². The number of anilines is 1. The average molecular weight is 512 g/mol. The van der Waals surface area contributed by atoms with Crippen LogP contribution in [0.15, 0.2) is 87.9 Å². The minimum absolute atomic E-state index is 0.181. The van der Waals surface area contributed by atoms with Crippen molar-refractivity contribution >= 4 is 54.4 Å². The molecule has 4 nitrogen and oxygen atoms in total. The highest BCUT2D eigenvalue weighted by molar-refractivity contribution is 9.11. The van der Waals surface area contributed by atoms with E-state index in [1.54, 1.807) is 18.3 Å². The largest absolute Gasteiger partial charge is 0.489 e. The Balaban J connectivity index is 1.44. The van der Waals surface area contributed by atoms with Crippen LogP contribution in [-0.2, 0) is 6.61 Å². The van der Waals surface area contributed by atoms with Crippen molar-refractivity contribution in [2.24, 2.45) is 0 Å². The molecule has 0 unspecified atom stereocenters. The maximum absolute atomic E-state index is 12.7. The molecule has 3 aromatic carbocycles. The van der Waals surface area contributed by atoms with Crippen LogP contribution < -0.4 is 10.1 Å². The normalized spacial score (nSPS) is 10.7. The fourth-order valence-electron chi connectivity index (χ4n) is 2.88. The number of rotatable bonds is 5. The molecule has 0 saturated carbocycles. The predicted octanol–water partition coefficient (Wildman–Crippen LogP) is 6.59. The molecule has 6 heteroatoms. The molecule has 0 fully saturated rings. The number of carbonyl (C=O) groups is 1. The third kappa shape index (κ3) is 4.66. The van der Waals surface area contributed by atoms with Crippen molar-refractivity contribution in [3.63, 3.8) is 0 Å². The van der Waals surface area contributed by atoms with Crippen LogP contribution >= 0.6 is 31.9 Å². The number of hydrogen-bond acceptors (Lipinski definition) is 3. The Bertz CT molecular complexity index is 1160. The van der Waals surface area contributed by atoms with Gasteiger partial charge in [0.15, 0.2) is 0 Å². The van der Waals surface area contributed by atoms with Gasteiger partial charge in [0.1, 0.15) is 12.4 Å². The average Bonchev–Trinajstić information content (AvgIpc) is 2.76. The second-order valence-electron chi connectivity index (χ2n) is 6.39. The predicted molar refractivity (Wildman–Crippen MR) is 122 cm³/mol. The summed E-state index contributed by atoms with van der Waals surface area (Å²) in [4.78, 5) is 17.1. The molecule has 0 aliphatic rings. The molecular weight excluding hydrogens is 496 g/mol. The first-order valence-electron chi connectivity index (χ1n) is 8.92. The van der Waals surface area contributed by atoms with Gasteiger partial charge in [0.05, 0.1) is 11.2 Å². The Morgan fingerprint density at radius 1 is 0.931 bits per heavy atom. The number of nitrogens with zero attached hydrogens (tertiary/aromatic N) is 1. The molecule has 1 amide bonds. The van der Waals surface area contributed by atoms with Crippen LogP contribution in [0.3, 0.4) is 0 Å². The smallest absolute Gasteiger partial charge is 0.255 e. The molecule has 0 aliphatic carbocycles. The maximum atomic E-state index is 12.7. The standard InChI is InChI=1S/C23H16Br2N2O2/c24-17-7-9-18(10-8-17)29-14-15-3-5-16(6-4-15)23(28)27-21-12-11-20(25)19-2-1-13-26-22(19)21/h1-13H,14H2,(H,27,28). The molecule has 0 saturated heterocycles. The van der Waals surface area contributed by atoms with Gasteiger partial charge in [0, 0.05) is 26.1 Å². The Morgan fingerprint density at radius 2 is 1.69 bits per heavy atom. The molecule has 144 valence electrons. The van der Waals surface area contributed by atoms with Gasteiger partial charge in [-0.15, -0.1) is 0 Å². The number of ether oxygens (including phenoxy) is 1. The molecule has 0 spiro atoms. The minimum atomic E-state index is -0.181. The second-order valence-corrected chi connectivity index (χ2v) is 8.16. The monoisotopic (exact) mass is 510 g/mol. The van der Waals surface area contributed by atoms with E-state index in [0.717, 1.165) is 31.2 Å². The van der Waals surface area contributed by atoms with E-state index < -0.39 is 0 Å². The molecule has 0 radical (unpaired) electrons. The van der Waals surface area contributed by atoms with Gasteiger partial charge < -0.3 is 10.1 Å². The number of fused-ring (bicyclic) bond motifs is 1. The summed E-state index contributed by atoms with van der Waals surface area (Å²) in [6.45, 7) is 0.435. The third-order valence-electron chi connectivity index (χ3n) is 4.40. The van der Waals surface area contributed by atoms with Gasteiger partial charge in [-0.25, -0.2) is 0 Å². The number of nitrogens with one attached hydrogen (secondary N) is 1. The lowest BCUT2D eigenvalue weighted by molar-refractivity contribution is 0.102. The van der Waals surface area contributed by atoms with Gasteiger partial charge in [0.25, 0.3) is 5.91 Å². The van der Waals surface area contributed by atoms with E-state index in [9.17, 15) is 4.79 Å². The van der Waals surface area contributed by atoms with Crippen molar-refractivity contribution in [3.05, 3.63) is 99.1 Å². The Kier molecular flexibility index (Phi) is 5.92. The quantitative estimate of drug-likeness (QED) is 0.328. The number of hydrogen-bond donors (Lipinski definition) is 1. The van der Waals surface area contributed by atoms with E-state index in [2.05, 4.69) is 42.2 Å². The van der Waals surface area contributed by atoms with Crippen molar-refractivity contribution in [2.75, 3.05) is 5.32 Å². The van der Waals surface area contributed by atoms with Crippen molar-refractivity contribution < 1.29 is 9.53 Å². The SMILES string of the molecule is O=C(Nc1ccc(Br)c2cccnc12)c1ccc(COc2ccc(Br)cc2)cc1. The highest BCUT2D eigenvalue weighted by Gasteiger charge is 2.11. The lowest BCUT2D eigenvalue weighted by Gasteiger charge is -2.10. The Morgan fingerprint density at radius 3 is 2.45 bits per heavy atom. The molecule has 29 heavy (non-hydrogen) atoms. The van der Waals surface area contributed by atoms with Crippen molar-refractivity contribution in [1.82, 2.24) is 4.98 Å². The molecular formula is C23H16Br2N2O2. The van der Waals surface area contributed by atoms with Crippen LogP contribution in [0.5, 0.6) is 5.75 Å². The van der Waals surface area contributed by atoms with Crippen LogP contribution in [0.1, 0.15) is 15.9 Å². The number of halogens is 2. The van der Waals surface area contributed by atoms with E-state index >= 15 is 0 Å². The number of aromatic nitrogens is 1. The summed E-state index contributed by atoms with van der Waals surface area (Å²) in [5.41, 5.74) is 2.98. The van der Waals surface area contributed by atoms with Crippen molar-refractivity contribution in [1.29, 1.82) is 0 Å². The van der Waals surface area contributed by atoms with E-state index in [1.807, 2.05) is 60.7 Å². The third-order valence-corrected chi connectivity index (χ3v) is 5.62. The summed E-state index contributed by atoms with van der Waals surface area (Å²) in [5.74, 6) is 0.615. The zero-order valence-corrected chi connectivity index (χ0v) is 18.4. The zero-order valence-electron chi connectivity index (χ0n) is 15.2. The van der Waals surface area contributed by atoms with Gasteiger partial charge in [-0.2, -0.15) is 0 Å². The summed E-state index contributed by atoms with van der Waals surface area (Å²) < 4.78 is 7.72. The van der Waals surface area contributed by atoms with Crippen molar-refractivity contribution in [2.45, 2.75) is 6.61 Å². The molecule has 0 atom stereocenters. The van der Waals surface area contributed by atoms with Crippen LogP contribution in [0, 0.1) is 0 Å². The fraction of sp³-hybridized carbons (Fsp3) is 0.0435. The number of pyridine rings is 1. The van der Waals surface area contributed by atoms with E-state index in [0.29, 0.717) is 17.9 Å². The van der Waals surface area contributed by atoms with E-state index in [-0.39, 0.29) is 5.91 Å². The first-order chi connectivity index (χ1) is 14.1. The Labute approximate surface area is 185 Å². The first-order valence-corrected chi connectivity index (χ1v) is 10.5. The molecule has 1 N–H and O–H groups in total. The summed E-state index contributed by atoms with van der Waals surface area (Å²) in [5, 5.41) is 3.90. The number of carbonyl (C=O) groups excluding carboxylic acids is 1. The lowest BCUT2D eigenvalue weighted by atomic mass is 10.1. The highest BCUT2D eigenvalue weighted by Crippen LogP contribution is 2.28.